The number of nitrogens with one attached hydrogen (secondary N) is 1. The van der Waals surface area contributed by atoms with Crippen LogP contribution in [0.1, 0.15) is 18.0 Å². The van der Waals surface area contributed by atoms with Gasteiger partial charge in [-0.2, -0.15) is 16.9 Å². The summed E-state index contributed by atoms with van der Waals surface area (Å²) in [5.41, 5.74) is 0.602. The zero-order valence-corrected chi connectivity index (χ0v) is 8.49. The second-order valence-corrected chi connectivity index (χ2v) is 4.59. The van der Waals surface area contributed by atoms with E-state index in [1.807, 2.05) is 11.8 Å². The van der Waals surface area contributed by atoms with E-state index in [-0.39, 0.29) is 10.6 Å². The van der Waals surface area contributed by atoms with E-state index in [1.165, 1.54) is 5.75 Å². The van der Waals surface area contributed by atoms with Crippen LogP contribution in [0.15, 0.2) is 10.9 Å². The Morgan fingerprint density at radius 2 is 2.54 bits per heavy atom. The van der Waals surface area contributed by atoms with Gasteiger partial charge < -0.3 is 0 Å². The molecule has 1 aliphatic heterocycles. The maximum absolute atomic E-state index is 10.9. The van der Waals surface area contributed by atoms with E-state index in [9.17, 15) is 4.79 Å². The summed E-state index contributed by atoms with van der Waals surface area (Å²) in [5.74, 6) is 2.71. The normalized spacial score (nSPS) is 22.1. The lowest BCUT2D eigenvalue weighted by Gasteiger charge is -2.05. The largest absolute Gasteiger partial charge is 0.282 e. The van der Waals surface area contributed by atoms with Crippen LogP contribution in [-0.2, 0) is 0 Å². The molecule has 1 saturated heterocycles. The van der Waals surface area contributed by atoms with E-state index in [4.69, 9.17) is 11.6 Å². The van der Waals surface area contributed by atoms with Crippen LogP contribution in [0.4, 0.5) is 0 Å². The number of hydrogen-bond acceptors (Lipinski definition) is 3. The Bertz CT molecular complexity index is 359. The molecule has 1 aromatic heterocycles. The van der Waals surface area contributed by atoms with Crippen molar-refractivity contribution in [2.24, 2.45) is 0 Å². The molecule has 1 unspecified atom stereocenters. The molecule has 2 rings (SSSR count). The second kappa shape index (κ2) is 3.72. The molecule has 1 N–H and O–H groups in total. The lowest BCUT2D eigenvalue weighted by Crippen LogP contribution is -2.12. The summed E-state index contributed by atoms with van der Waals surface area (Å²) in [6, 6.07) is 1.68. The van der Waals surface area contributed by atoms with Gasteiger partial charge in [-0.1, -0.05) is 11.6 Å². The lowest BCUT2D eigenvalue weighted by atomic mass is 10.1. The first kappa shape index (κ1) is 9.09. The predicted molar refractivity (Wildman–Crippen MR) is 54.6 cm³/mol. The molecule has 1 fully saturated rings. The molecule has 2 heterocycles. The number of aromatic nitrogens is 2. The molecular formula is C8H9ClN2OS. The number of aromatic amines is 1. The highest BCUT2D eigenvalue weighted by Crippen LogP contribution is 2.31. The van der Waals surface area contributed by atoms with Crippen LogP contribution in [0.25, 0.3) is 0 Å². The molecule has 0 amide bonds. The molecule has 1 atom stereocenters. The van der Waals surface area contributed by atoms with E-state index in [0.717, 1.165) is 17.9 Å². The Balaban J connectivity index is 2.30. The zero-order chi connectivity index (χ0) is 9.26. The minimum atomic E-state index is -0.309. The van der Waals surface area contributed by atoms with Crippen molar-refractivity contribution < 1.29 is 0 Å². The fraction of sp³-hybridized carbons (Fsp3) is 0.500. The SMILES string of the molecule is O=c1[nH]nc(C2CCSC2)cc1Cl. The maximum atomic E-state index is 10.9. The van der Waals surface area contributed by atoms with E-state index in [0.29, 0.717) is 5.92 Å². The fourth-order valence-corrected chi connectivity index (χ4v) is 2.77. The second-order valence-electron chi connectivity index (χ2n) is 3.03. The van der Waals surface area contributed by atoms with Crippen LogP contribution >= 0.6 is 23.4 Å². The molecule has 0 saturated carbocycles. The topological polar surface area (TPSA) is 45.8 Å². The van der Waals surface area contributed by atoms with Gasteiger partial charge in [0.1, 0.15) is 5.02 Å². The van der Waals surface area contributed by atoms with Gasteiger partial charge in [0.15, 0.2) is 0 Å². The van der Waals surface area contributed by atoms with Crippen molar-refractivity contribution in [1.82, 2.24) is 10.2 Å². The third-order valence-corrected chi connectivity index (χ3v) is 3.57. The number of H-pyrrole nitrogens is 1. The summed E-state index contributed by atoms with van der Waals surface area (Å²) in [5, 5.41) is 6.62. The third kappa shape index (κ3) is 1.89. The van der Waals surface area contributed by atoms with Crippen molar-refractivity contribution >= 4 is 23.4 Å². The number of thioether (sulfide) groups is 1. The summed E-state index contributed by atoms with van der Waals surface area (Å²) in [7, 11) is 0. The number of halogens is 1. The van der Waals surface area contributed by atoms with Crippen LogP contribution < -0.4 is 5.56 Å². The van der Waals surface area contributed by atoms with Crippen LogP contribution in [0.2, 0.25) is 5.02 Å². The number of hydrogen-bond donors (Lipinski definition) is 1. The molecule has 13 heavy (non-hydrogen) atoms. The fourth-order valence-electron chi connectivity index (χ4n) is 1.37. The van der Waals surface area contributed by atoms with Crippen molar-refractivity contribution in [3.8, 4) is 0 Å². The molecule has 0 spiro atoms. The van der Waals surface area contributed by atoms with Crippen LogP contribution in [0.3, 0.4) is 0 Å². The van der Waals surface area contributed by atoms with Gasteiger partial charge in [-0.15, -0.1) is 0 Å². The molecular weight excluding hydrogens is 208 g/mol. The monoisotopic (exact) mass is 216 g/mol. The molecule has 1 aliphatic rings. The maximum Gasteiger partial charge on any atom is 0.282 e. The standard InChI is InChI=1S/C8H9ClN2OS/c9-6-3-7(10-11-8(6)12)5-1-2-13-4-5/h3,5H,1-2,4H2,(H,11,12). The summed E-state index contributed by atoms with van der Waals surface area (Å²) >= 11 is 7.61. The van der Waals surface area contributed by atoms with Crippen molar-refractivity contribution in [1.29, 1.82) is 0 Å². The molecule has 3 nitrogen and oxygen atoms in total. The summed E-state index contributed by atoms with van der Waals surface area (Å²) < 4.78 is 0. The van der Waals surface area contributed by atoms with Crippen LogP contribution in [0.5, 0.6) is 0 Å². The van der Waals surface area contributed by atoms with Gasteiger partial charge in [-0.25, -0.2) is 5.10 Å². The van der Waals surface area contributed by atoms with Gasteiger partial charge in [0.05, 0.1) is 5.69 Å². The highest BCUT2D eigenvalue weighted by Gasteiger charge is 2.19. The lowest BCUT2D eigenvalue weighted by molar-refractivity contribution is 0.724. The van der Waals surface area contributed by atoms with Gasteiger partial charge in [-0.05, 0) is 18.2 Å². The van der Waals surface area contributed by atoms with E-state index >= 15 is 0 Å². The average Bonchev–Trinajstić information content (AvgIpc) is 2.62. The Morgan fingerprint density at radius 1 is 1.69 bits per heavy atom. The van der Waals surface area contributed by atoms with Crippen LogP contribution in [0, 0.1) is 0 Å². The molecule has 1 aromatic rings. The predicted octanol–water partition coefficient (Wildman–Crippen LogP) is 1.64. The number of nitrogens with zero attached hydrogens (tertiary/aromatic N) is 1. The highest BCUT2D eigenvalue weighted by molar-refractivity contribution is 7.99. The highest BCUT2D eigenvalue weighted by atomic mass is 35.5. The minimum Gasteiger partial charge on any atom is -0.266 e. The third-order valence-electron chi connectivity index (χ3n) is 2.13. The van der Waals surface area contributed by atoms with Crippen LogP contribution in [-0.4, -0.2) is 21.7 Å². The first-order valence-corrected chi connectivity index (χ1v) is 5.63. The van der Waals surface area contributed by atoms with E-state index in [2.05, 4.69) is 10.2 Å². The Kier molecular flexibility index (Phi) is 2.60. The van der Waals surface area contributed by atoms with Gasteiger partial charge >= 0.3 is 0 Å². The summed E-state index contributed by atoms with van der Waals surface area (Å²) in [4.78, 5) is 10.9. The number of rotatable bonds is 1. The van der Waals surface area contributed by atoms with Gasteiger partial charge in [-0.3, -0.25) is 4.79 Å². The summed E-state index contributed by atoms with van der Waals surface area (Å²) in [6.07, 6.45) is 1.13. The Labute approximate surface area is 84.9 Å². The van der Waals surface area contributed by atoms with Crippen molar-refractivity contribution in [2.75, 3.05) is 11.5 Å². The van der Waals surface area contributed by atoms with Crippen molar-refractivity contribution in [3.05, 3.63) is 27.1 Å². The first-order chi connectivity index (χ1) is 6.27. The van der Waals surface area contributed by atoms with Crippen molar-refractivity contribution in [3.63, 3.8) is 0 Å². The van der Waals surface area contributed by atoms with Gasteiger partial charge in [0, 0.05) is 11.7 Å². The molecule has 5 heteroatoms. The quantitative estimate of drug-likeness (QED) is 0.777. The minimum absolute atomic E-state index is 0.238. The molecule has 70 valence electrons. The molecule has 0 bridgehead atoms. The molecule has 0 aliphatic carbocycles. The summed E-state index contributed by atoms with van der Waals surface area (Å²) in [6.45, 7) is 0. The smallest absolute Gasteiger partial charge is 0.266 e. The Hall–Kier alpha value is -0.480. The van der Waals surface area contributed by atoms with Gasteiger partial charge in [0.25, 0.3) is 5.56 Å². The average molecular weight is 217 g/mol. The van der Waals surface area contributed by atoms with Crippen molar-refractivity contribution in [2.45, 2.75) is 12.3 Å². The van der Waals surface area contributed by atoms with E-state index in [1.54, 1.807) is 6.07 Å². The van der Waals surface area contributed by atoms with Gasteiger partial charge in [0.2, 0.25) is 0 Å². The Morgan fingerprint density at radius 3 is 3.15 bits per heavy atom. The first-order valence-electron chi connectivity index (χ1n) is 4.10. The molecule has 0 radical (unpaired) electrons. The zero-order valence-electron chi connectivity index (χ0n) is 6.92. The van der Waals surface area contributed by atoms with E-state index < -0.39 is 0 Å². The molecule has 0 aromatic carbocycles.